The van der Waals surface area contributed by atoms with Crippen molar-refractivity contribution in [2.45, 2.75) is 64.0 Å². The van der Waals surface area contributed by atoms with Crippen LogP contribution in [0.2, 0.25) is 0 Å². The Kier molecular flexibility index (Phi) is 14.9. The van der Waals surface area contributed by atoms with Crippen LogP contribution in [-0.2, 0) is 14.4 Å². The van der Waals surface area contributed by atoms with Crippen molar-refractivity contribution in [2.75, 3.05) is 31.7 Å². The van der Waals surface area contributed by atoms with E-state index in [-0.39, 0.29) is 6.67 Å². The lowest BCUT2D eigenvalue weighted by molar-refractivity contribution is -0.144. The molecule has 2 atom stereocenters. The smallest absolute Gasteiger partial charge is 0.343 e. The molecule has 0 radical (unpaired) electrons. The third-order valence-corrected chi connectivity index (χ3v) is 7.35. The molecule has 0 aliphatic carbocycles. The predicted octanol–water partition coefficient (Wildman–Crippen LogP) is 5.67. The average molecular weight is 668 g/mol. The summed E-state index contributed by atoms with van der Waals surface area (Å²) in [6, 6.07) is 16.3. The van der Waals surface area contributed by atoms with E-state index in [4.69, 9.17) is 0 Å². The quantitative estimate of drug-likeness (QED) is 0.266. The molecule has 4 rings (SSSR count). The number of nitrogens with one attached hydrogen (secondary N) is 2. The monoisotopic (exact) mass is 667 g/mol. The van der Waals surface area contributed by atoms with Crippen LogP contribution in [0.3, 0.4) is 0 Å². The molecule has 3 amide bonds. The maximum Gasteiger partial charge on any atom is 0.389 e. The van der Waals surface area contributed by atoms with Crippen LogP contribution < -0.4 is 15.5 Å². The van der Waals surface area contributed by atoms with Gasteiger partial charge in [-0.1, -0.05) is 55.5 Å². The summed E-state index contributed by atoms with van der Waals surface area (Å²) in [4.78, 5) is 47.2. The van der Waals surface area contributed by atoms with E-state index in [1.54, 1.807) is 19.2 Å². The Bertz CT molecular complexity index is 1370. The summed E-state index contributed by atoms with van der Waals surface area (Å²) in [6.45, 7) is 3.03. The molecule has 2 aromatic rings. The zero-order valence-corrected chi connectivity index (χ0v) is 26.2. The fraction of sp³-hybridized carbons (Fsp3) is 0.455. The van der Waals surface area contributed by atoms with E-state index < -0.39 is 67.8 Å². The van der Waals surface area contributed by atoms with Crippen LogP contribution >= 0.6 is 0 Å². The van der Waals surface area contributed by atoms with Gasteiger partial charge in [-0.15, -0.1) is 12.8 Å². The van der Waals surface area contributed by atoms with E-state index in [9.17, 15) is 40.7 Å². The van der Waals surface area contributed by atoms with E-state index in [1.165, 1.54) is 4.90 Å². The largest absolute Gasteiger partial charge is 0.389 e. The van der Waals surface area contributed by atoms with Gasteiger partial charge < -0.3 is 15.5 Å². The first kappa shape index (κ1) is 38.8. The van der Waals surface area contributed by atoms with Crippen molar-refractivity contribution in [3.63, 3.8) is 0 Å². The van der Waals surface area contributed by atoms with Crippen LogP contribution in [0, 0.1) is 18.8 Å². The minimum atomic E-state index is -4.50. The number of likely N-dealkylation sites (tertiary alicyclic amines) is 1. The molecule has 2 aliphatic rings. The molecule has 0 bridgehead atoms. The molecular weight excluding hydrogens is 628 g/mol. The van der Waals surface area contributed by atoms with Gasteiger partial charge in [0.2, 0.25) is 18.0 Å². The highest BCUT2D eigenvalue weighted by molar-refractivity contribution is 6.20. The number of carbonyl (C=O) groups excluding carboxylic acids is 3. The highest BCUT2D eigenvalue weighted by Gasteiger charge is 2.35. The zero-order chi connectivity index (χ0) is 35.2. The number of likely N-dealkylation sites (N-methyl/N-ethyl adjacent to an activating group) is 1. The number of rotatable bonds is 9. The summed E-state index contributed by atoms with van der Waals surface area (Å²) in [7, 11) is 1.55. The summed E-state index contributed by atoms with van der Waals surface area (Å²) in [5, 5.41) is 5.24. The number of nitrogens with zero attached hydrogens (tertiary/aromatic N) is 3. The molecule has 2 aromatic carbocycles. The maximum absolute atomic E-state index is 13.4. The molecule has 1 saturated heterocycles. The molecule has 14 heteroatoms. The summed E-state index contributed by atoms with van der Waals surface area (Å²) in [5.41, 5.74) is 2.43. The number of fused-ring (bicyclic) bond motifs is 1. The number of halogens is 6. The lowest BCUT2D eigenvalue weighted by Crippen LogP contribution is -2.48. The van der Waals surface area contributed by atoms with Crippen molar-refractivity contribution >= 4 is 29.1 Å². The number of amides is 3. The number of aliphatic imine (C=N–C) groups is 1. The number of terminal acetylenes is 1. The standard InChI is InChI=1S/C28H32F3N5O3.C3H5F3.C2H2/c1-35-22-12-6-5-11-21(22)24(19-9-3-2-4-10-19)33-25(27(35)39)34-26(38)20(13-14-28(29,30)31)17-23(37)32-18-36-15-7-8-16-36;1-2-3(4,5)6;1-2/h2-6,9-12,20,25H,7-8,13-18H2,1H3,(H,32,37)(H,34,38);2H2,1H3;1-2H/t20-,25-;;/m1../s1. The summed E-state index contributed by atoms with van der Waals surface area (Å²) in [6.07, 6.45) is -2.77. The van der Waals surface area contributed by atoms with Gasteiger partial charge in [0, 0.05) is 43.4 Å². The molecule has 0 unspecified atom stereocenters. The normalized spacial score (nSPS) is 17.1. The van der Waals surface area contributed by atoms with Crippen molar-refractivity contribution in [1.29, 1.82) is 0 Å². The summed E-state index contributed by atoms with van der Waals surface area (Å²) < 4.78 is 71.5. The van der Waals surface area contributed by atoms with Gasteiger partial charge in [-0.05, 0) is 38.4 Å². The highest BCUT2D eigenvalue weighted by atomic mass is 19.4. The Morgan fingerprint density at radius 1 is 0.957 bits per heavy atom. The number of benzodiazepines with no additional fused rings is 1. The number of alkyl halides is 6. The lowest BCUT2D eigenvalue weighted by atomic mass is 9.97. The van der Waals surface area contributed by atoms with E-state index in [0.717, 1.165) is 32.9 Å². The number of hydrogen-bond acceptors (Lipinski definition) is 5. The van der Waals surface area contributed by atoms with Crippen molar-refractivity contribution in [1.82, 2.24) is 15.5 Å². The van der Waals surface area contributed by atoms with Gasteiger partial charge in [0.15, 0.2) is 0 Å². The maximum atomic E-state index is 13.4. The minimum absolute atomic E-state index is 0.279. The van der Waals surface area contributed by atoms with Gasteiger partial charge >= 0.3 is 12.4 Å². The predicted molar refractivity (Wildman–Crippen MR) is 167 cm³/mol. The Morgan fingerprint density at radius 2 is 1.53 bits per heavy atom. The molecule has 256 valence electrons. The number of para-hydroxylation sites is 1. The van der Waals surface area contributed by atoms with Crippen molar-refractivity contribution in [2.24, 2.45) is 10.9 Å². The van der Waals surface area contributed by atoms with E-state index in [0.29, 0.717) is 22.5 Å². The second-order valence-electron chi connectivity index (χ2n) is 10.8. The number of carbonyl (C=O) groups is 3. The third kappa shape index (κ3) is 12.7. The molecular formula is C33H39F6N5O3. The molecule has 1 fully saturated rings. The second-order valence-corrected chi connectivity index (χ2v) is 10.8. The van der Waals surface area contributed by atoms with E-state index in [2.05, 4.69) is 28.5 Å². The topological polar surface area (TPSA) is 94.1 Å². The first-order valence-electron chi connectivity index (χ1n) is 14.9. The number of benzene rings is 2. The minimum Gasteiger partial charge on any atom is -0.343 e. The van der Waals surface area contributed by atoms with Crippen LogP contribution in [0.5, 0.6) is 0 Å². The van der Waals surface area contributed by atoms with E-state index in [1.807, 2.05) is 47.4 Å². The Hall–Kier alpha value is -4.38. The first-order valence-corrected chi connectivity index (χ1v) is 14.9. The fourth-order valence-corrected chi connectivity index (χ4v) is 4.80. The molecule has 0 saturated carbocycles. The van der Waals surface area contributed by atoms with Crippen LogP contribution in [-0.4, -0.2) is 73.7 Å². The number of anilines is 1. The van der Waals surface area contributed by atoms with Crippen molar-refractivity contribution in [3.05, 3.63) is 65.7 Å². The SMILES string of the molecule is C#C.CCC(F)(F)F.CN1C(=O)[C@@H](NC(=O)[C@H](CCC(F)(F)F)CC(=O)NCN2CCCC2)N=C(c2ccccc2)c2ccccc21. The van der Waals surface area contributed by atoms with Gasteiger partial charge in [-0.25, -0.2) is 4.99 Å². The molecule has 2 heterocycles. The van der Waals surface area contributed by atoms with Gasteiger partial charge in [0.25, 0.3) is 5.91 Å². The van der Waals surface area contributed by atoms with Gasteiger partial charge in [0.05, 0.1) is 18.1 Å². The zero-order valence-electron chi connectivity index (χ0n) is 26.2. The summed E-state index contributed by atoms with van der Waals surface area (Å²) >= 11 is 0. The van der Waals surface area contributed by atoms with Gasteiger partial charge in [0.1, 0.15) is 0 Å². The highest BCUT2D eigenvalue weighted by Crippen LogP contribution is 2.28. The van der Waals surface area contributed by atoms with Gasteiger partial charge in [-0.3, -0.25) is 19.3 Å². The molecule has 0 spiro atoms. The lowest BCUT2D eigenvalue weighted by Gasteiger charge is -2.23. The van der Waals surface area contributed by atoms with Crippen LogP contribution in [0.15, 0.2) is 59.6 Å². The second kappa shape index (κ2) is 18.1. The molecule has 8 nitrogen and oxygen atoms in total. The Labute approximate surface area is 270 Å². The van der Waals surface area contributed by atoms with Crippen LogP contribution in [0.4, 0.5) is 32.0 Å². The Balaban J connectivity index is 0.000000863. The molecule has 2 N–H and O–H groups in total. The van der Waals surface area contributed by atoms with Crippen LogP contribution in [0.1, 0.15) is 56.6 Å². The average Bonchev–Trinajstić information content (AvgIpc) is 3.55. The van der Waals surface area contributed by atoms with Crippen molar-refractivity contribution in [3.8, 4) is 12.8 Å². The number of hydrogen-bond donors (Lipinski definition) is 2. The Morgan fingerprint density at radius 3 is 2.11 bits per heavy atom. The van der Waals surface area contributed by atoms with E-state index >= 15 is 0 Å². The fourth-order valence-electron chi connectivity index (χ4n) is 4.80. The molecule has 0 aromatic heterocycles. The third-order valence-electron chi connectivity index (χ3n) is 7.35. The molecule has 2 aliphatic heterocycles. The van der Waals surface area contributed by atoms with Crippen LogP contribution in [0.25, 0.3) is 0 Å². The van der Waals surface area contributed by atoms with Gasteiger partial charge in [-0.2, -0.15) is 26.3 Å². The molecule has 47 heavy (non-hydrogen) atoms. The summed E-state index contributed by atoms with van der Waals surface area (Å²) in [5.74, 6) is -3.18. The van der Waals surface area contributed by atoms with Crippen molar-refractivity contribution < 1.29 is 40.7 Å². The first-order chi connectivity index (χ1) is 22.2.